The number of nitrogens with zero attached hydrogens (tertiary/aromatic N) is 4. The molecule has 3 rings (SSSR count). The molecule has 8 nitrogen and oxygen atoms in total. The zero-order chi connectivity index (χ0) is 18.9. The predicted octanol–water partition coefficient (Wildman–Crippen LogP) is 2.17. The normalized spacial score (nSPS) is 11.7. The Morgan fingerprint density at radius 2 is 1.96 bits per heavy atom. The first-order valence-corrected chi connectivity index (χ1v) is 8.40. The van der Waals surface area contributed by atoms with Crippen molar-refractivity contribution in [1.82, 2.24) is 19.5 Å². The number of anilines is 2. The van der Waals surface area contributed by atoms with Crippen LogP contribution in [-0.4, -0.2) is 41.9 Å². The van der Waals surface area contributed by atoms with Gasteiger partial charge in [0, 0.05) is 25.7 Å². The standard InChI is InChI=1S/C18H24N6O2/c1-11-5-6-13(25)12(7-11)8-19-15-14-16(24(4)10-21-14)23-17(22-15)20-9-18(2,3)26/h5-7,10,25-26H,8-9H2,1-4H3,(H2,19,20,22,23). The zero-order valence-corrected chi connectivity index (χ0v) is 15.4. The van der Waals surface area contributed by atoms with E-state index in [-0.39, 0.29) is 5.75 Å². The summed E-state index contributed by atoms with van der Waals surface area (Å²) in [6.07, 6.45) is 1.68. The van der Waals surface area contributed by atoms with E-state index in [9.17, 15) is 10.2 Å². The van der Waals surface area contributed by atoms with Gasteiger partial charge < -0.3 is 25.4 Å². The van der Waals surface area contributed by atoms with Gasteiger partial charge in [-0.25, -0.2) is 4.98 Å². The average Bonchev–Trinajstić information content (AvgIpc) is 2.94. The Kier molecular flexibility index (Phi) is 4.69. The molecule has 1 aromatic carbocycles. The number of aryl methyl sites for hydroxylation is 2. The van der Waals surface area contributed by atoms with Crippen molar-refractivity contribution in [1.29, 1.82) is 0 Å². The number of hydrogen-bond acceptors (Lipinski definition) is 7. The first-order valence-electron chi connectivity index (χ1n) is 8.40. The molecule has 0 atom stereocenters. The van der Waals surface area contributed by atoms with E-state index in [0.29, 0.717) is 36.0 Å². The van der Waals surface area contributed by atoms with Gasteiger partial charge in [0.1, 0.15) is 5.75 Å². The summed E-state index contributed by atoms with van der Waals surface area (Å²) >= 11 is 0. The highest BCUT2D eigenvalue weighted by molar-refractivity contribution is 5.84. The Morgan fingerprint density at radius 1 is 1.19 bits per heavy atom. The van der Waals surface area contributed by atoms with Crippen molar-refractivity contribution in [3.63, 3.8) is 0 Å². The van der Waals surface area contributed by atoms with Crippen LogP contribution in [0.25, 0.3) is 11.2 Å². The van der Waals surface area contributed by atoms with E-state index >= 15 is 0 Å². The van der Waals surface area contributed by atoms with E-state index in [0.717, 1.165) is 11.1 Å². The van der Waals surface area contributed by atoms with Gasteiger partial charge in [-0.2, -0.15) is 9.97 Å². The lowest BCUT2D eigenvalue weighted by Gasteiger charge is -2.18. The molecule has 8 heteroatoms. The summed E-state index contributed by atoms with van der Waals surface area (Å²) in [5.74, 6) is 1.20. The molecule has 0 radical (unpaired) electrons. The van der Waals surface area contributed by atoms with Crippen molar-refractivity contribution in [2.75, 3.05) is 17.2 Å². The van der Waals surface area contributed by atoms with Crippen molar-refractivity contribution >= 4 is 22.9 Å². The van der Waals surface area contributed by atoms with E-state index in [1.165, 1.54) is 0 Å². The molecule has 0 bridgehead atoms. The number of aromatic hydroxyl groups is 1. The minimum atomic E-state index is -0.883. The molecule has 138 valence electrons. The second-order valence-corrected chi connectivity index (χ2v) is 7.08. The monoisotopic (exact) mass is 356 g/mol. The molecule has 0 amide bonds. The first kappa shape index (κ1) is 17.9. The number of phenols is 1. The maximum atomic E-state index is 10.0. The second kappa shape index (κ2) is 6.80. The van der Waals surface area contributed by atoms with Crippen LogP contribution < -0.4 is 10.6 Å². The van der Waals surface area contributed by atoms with E-state index < -0.39 is 5.60 Å². The summed E-state index contributed by atoms with van der Waals surface area (Å²) in [4.78, 5) is 13.3. The number of phenolic OH excluding ortho intramolecular Hbond substituents is 1. The lowest BCUT2D eigenvalue weighted by atomic mass is 10.1. The molecule has 2 heterocycles. The van der Waals surface area contributed by atoms with Gasteiger partial charge in [-0.1, -0.05) is 17.7 Å². The van der Waals surface area contributed by atoms with Crippen molar-refractivity contribution in [3.8, 4) is 5.75 Å². The highest BCUT2D eigenvalue weighted by Crippen LogP contribution is 2.23. The molecular weight excluding hydrogens is 332 g/mol. The van der Waals surface area contributed by atoms with Crippen LogP contribution in [0.4, 0.5) is 11.8 Å². The lowest BCUT2D eigenvalue weighted by molar-refractivity contribution is 0.0943. The van der Waals surface area contributed by atoms with Gasteiger partial charge in [-0.15, -0.1) is 0 Å². The topological polar surface area (TPSA) is 108 Å². The van der Waals surface area contributed by atoms with E-state index in [1.807, 2.05) is 30.7 Å². The number of nitrogens with one attached hydrogen (secondary N) is 2. The molecule has 0 saturated heterocycles. The van der Waals surface area contributed by atoms with Crippen LogP contribution in [0.2, 0.25) is 0 Å². The quantitative estimate of drug-likeness (QED) is 0.536. The third kappa shape index (κ3) is 4.02. The fourth-order valence-corrected chi connectivity index (χ4v) is 2.54. The maximum Gasteiger partial charge on any atom is 0.226 e. The van der Waals surface area contributed by atoms with Gasteiger partial charge in [-0.3, -0.25) is 0 Å². The van der Waals surface area contributed by atoms with Crippen LogP contribution in [0.15, 0.2) is 24.5 Å². The molecule has 0 saturated carbocycles. The smallest absolute Gasteiger partial charge is 0.226 e. The molecule has 26 heavy (non-hydrogen) atoms. The lowest BCUT2D eigenvalue weighted by Crippen LogP contribution is -2.30. The highest BCUT2D eigenvalue weighted by Gasteiger charge is 2.16. The van der Waals surface area contributed by atoms with E-state index in [1.54, 1.807) is 26.2 Å². The Hall–Kier alpha value is -2.87. The number of aromatic nitrogens is 4. The van der Waals surface area contributed by atoms with Crippen molar-refractivity contribution in [2.45, 2.75) is 32.9 Å². The molecule has 0 aliphatic heterocycles. The largest absolute Gasteiger partial charge is 0.508 e. The summed E-state index contributed by atoms with van der Waals surface area (Å²) in [5, 5.41) is 26.2. The number of aliphatic hydroxyl groups is 1. The highest BCUT2D eigenvalue weighted by atomic mass is 16.3. The molecule has 0 aliphatic rings. The Labute approximate surface area is 151 Å². The van der Waals surface area contributed by atoms with Crippen LogP contribution in [0.3, 0.4) is 0 Å². The number of hydrogen-bond donors (Lipinski definition) is 4. The predicted molar refractivity (Wildman–Crippen MR) is 101 cm³/mol. The molecule has 0 fully saturated rings. The fraction of sp³-hybridized carbons (Fsp3) is 0.389. The molecule has 4 N–H and O–H groups in total. The molecule has 0 unspecified atom stereocenters. The molecule has 0 spiro atoms. The summed E-state index contributed by atoms with van der Waals surface area (Å²) in [6.45, 7) is 6.11. The number of imidazole rings is 1. The van der Waals surface area contributed by atoms with Crippen molar-refractivity contribution in [2.24, 2.45) is 7.05 Å². The van der Waals surface area contributed by atoms with E-state index in [4.69, 9.17) is 0 Å². The Bertz CT molecular complexity index is 929. The third-order valence-electron chi connectivity index (χ3n) is 3.92. The van der Waals surface area contributed by atoms with Crippen molar-refractivity contribution in [3.05, 3.63) is 35.7 Å². The molecule has 3 aromatic rings. The van der Waals surface area contributed by atoms with Crippen LogP contribution in [0, 0.1) is 6.92 Å². The molecule has 0 aliphatic carbocycles. The third-order valence-corrected chi connectivity index (χ3v) is 3.92. The van der Waals surface area contributed by atoms with Gasteiger partial charge in [-0.05, 0) is 26.8 Å². The second-order valence-electron chi connectivity index (χ2n) is 7.08. The van der Waals surface area contributed by atoms with Crippen LogP contribution in [-0.2, 0) is 13.6 Å². The van der Waals surface area contributed by atoms with Gasteiger partial charge in [0.25, 0.3) is 0 Å². The molecule has 2 aromatic heterocycles. The maximum absolute atomic E-state index is 10.0. The fourth-order valence-electron chi connectivity index (χ4n) is 2.54. The number of rotatable bonds is 6. The number of benzene rings is 1. The SMILES string of the molecule is Cc1ccc(O)c(CNc2nc(NCC(C)(C)O)nc3c2ncn3C)c1. The minimum Gasteiger partial charge on any atom is -0.508 e. The minimum absolute atomic E-state index is 0.231. The van der Waals surface area contributed by atoms with Crippen LogP contribution in [0.5, 0.6) is 5.75 Å². The average molecular weight is 356 g/mol. The number of fused-ring (bicyclic) bond motifs is 1. The summed E-state index contributed by atoms with van der Waals surface area (Å²) in [6, 6.07) is 5.46. The summed E-state index contributed by atoms with van der Waals surface area (Å²) in [5.41, 5.74) is 2.28. The first-order chi connectivity index (χ1) is 12.2. The zero-order valence-electron chi connectivity index (χ0n) is 15.4. The van der Waals surface area contributed by atoms with Gasteiger partial charge in [0.05, 0.1) is 11.9 Å². The van der Waals surface area contributed by atoms with Gasteiger partial charge in [0.15, 0.2) is 17.0 Å². The summed E-state index contributed by atoms with van der Waals surface area (Å²) < 4.78 is 1.81. The Morgan fingerprint density at radius 3 is 2.69 bits per heavy atom. The van der Waals surface area contributed by atoms with Crippen LogP contribution >= 0.6 is 0 Å². The van der Waals surface area contributed by atoms with Crippen molar-refractivity contribution < 1.29 is 10.2 Å². The summed E-state index contributed by atoms with van der Waals surface area (Å²) in [7, 11) is 1.86. The van der Waals surface area contributed by atoms with E-state index in [2.05, 4.69) is 25.6 Å². The van der Waals surface area contributed by atoms with Gasteiger partial charge >= 0.3 is 0 Å². The Balaban J connectivity index is 1.89. The molecular formula is C18H24N6O2. The van der Waals surface area contributed by atoms with Crippen LogP contribution in [0.1, 0.15) is 25.0 Å². The van der Waals surface area contributed by atoms with Gasteiger partial charge in [0.2, 0.25) is 5.95 Å².